The first-order valence-corrected chi connectivity index (χ1v) is 5.90. The Bertz CT molecular complexity index is 436. The molecule has 0 aliphatic carbocycles. The van der Waals surface area contributed by atoms with Crippen molar-refractivity contribution in [3.05, 3.63) is 45.9 Å². The molecule has 0 saturated carbocycles. The third kappa shape index (κ3) is 2.70. The Morgan fingerprint density at radius 3 is 2.67 bits per heavy atom. The predicted octanol–water partition coefficient (Wildman–Crippen LogP) is 3.43. The molecule has 4 heteroatoms. The lowest BCUT2D eigenvalue weighted by Crippen LogP contribution is -1.90. The molecule has 2 rings (SSSR count). The van der Waals surface area contributed by atoms with Crippen molar-refractivity contribution >= 4 is 28.1 Å². The summed E-state index contributed by atoms with van der Waals surface area (Å²) in [5.74, 6) is 0. The predicted molar refractivity (Wildman–Crippen MR) is 65.9 cm³/mol. The second kappa shape index (κ2) is 4.64. The Morgan fingerprint density at radius 1 is 1.33 bits per heavy atom. The van der Waals surface area contributed by atoms with E-state index in [-0.39, 0.29) is 0 Å². The van der Waals surface area contributed by atoms with E-state index in [2.05, 4.69) is 15.7 Å². The van der Waals surface area contributed by atoms with Gasteiger partial charge in [-0.3, -0.25) is 0 Å². The van der Waals surface area contributed by atoms with Crippen LogP contribution in [0.15, 0.2) is 29.6 Å². The molecule has 0 aliphatic heterocycles. The lowest BCUT2D eigenvalue weighted by molar-refractivity contribution is 1.11. The number of benzene rings is 1. The van der Waals surface area contributed by atoms with Gasteiger partial charge in [0.1, 0.15) is 0 Å². The summed E-state index contributed by atoms with van der Waals surface area (Å²) in [5, 5.41) is 6.83. The van der Waals surface area contributed by atoms with E-state index in [1.807, 2.05) is 31.3 Å². The van der Waals surface area contributed by atoms with Gasteiger partial charge in [0, 0.05) is 23.9 Å². The molecule has 1 N–H and O–H groups in total. The van der Waals surface area contributed by atoms with E-state index in [1.54, 1.807) is 11.3 Å². The third-order valence-electron chi connectivity index (χ3n) is 2.06. The highest BCUT2D eigenvalue weighted by Crippen LogP contribution is 2.18. The quantitative estimate of drug-likeness (QED) is 0.886. The highest BCUT2D eigenvalue weighted by Gasteiger charge is 2.01. The van der Waals surface area contributed by atoms with Crippen LogP contribution in [0.3, 0.4) is 0 Å². The SMILES string of the molecule is CNc1nc(Cc2ccc(Cl)cc2)cs1. The Labute approximate surface area is 97.9 Å². The van der Waals surface area contributed by atoms with Crippen molar-refractivity contribution in [1.29, 1.82) is 0 Å². The minimum absolute atomic E-state index is 0.771. The summed E-state index contributed by atoms with van der Waals surface area (Å²) in [5.41, 5.74) is 2.32. The maximum absolute atomic E-state index is 5.82. The third-order valence-corrected chi connectivity index (χ3v) is 3.22. The van der Waals surface area contributed by atoms with Gasteiger partial charge in [-0.15, -0.1) is 11.3 Å². The van der Waals surface area contributed by atoms with Crippen molar-refractivity contribution in [2.45, 2.75) is 6.42 Å². The monoisotopic (exact) mass is 238 g/mol. The molecule has 0 radical (unpaired) electrons. The maximum atomic E-state index is 5.82. The van der Waals surface area contributed by atoms with Crippen LogP contribution in [0.4, 0.5) is 5.13 Å². The zero-order chi connectivity index (χ0) is 10.7. The van der Waals surface area contributed by atoms with Gasteiger partial charge in [-0.05, 0) is 17.7 Å². The Hall–Kier alpha value is -1.06. The molecular formula is C11H11ClN2S. The Kier molecular flexibility index (Phi) is 3.23. The van der Waals surface area contributed by atoms with E-state index < -0.39 is 0 Å². The van der Waals surface area contributed by atoms with Crippen molar-refractivity contribution in [1.82, 2.24) is 4.98 Å². The highest BCUT2D eigenvalue weighted by atomic mass is 35.5. The van der Waals surface area contributed by atoms with Crippen LogP contribution in [0.5, 0.6) is 0 Å². The smallest absolute Gasteiger partial charge is 0.182 e. The van der Waals surface area contributed by atoms with Gasteiger partial charge in [0.2, 0.25) is 0 Å². The van der Waals surface area contributed by atoms with Gasteiger partial charge >= 0.3 is 0 Å². The lowest BCUT2D eigenvalue weighted by Gasteiger charge is -1.97. The number of thiazole rings is 1. The van der Waals surface area contributed by atoms with Crippen LogP contribution in [-0.2, 0) is 6.42 Å². The number of nitrogens with zero attached hydrogens (tertiary/aromatic N) is 1. The van der Waals surface area contributed by atoms with E-state index in [1.165, 1.54) is 5.56 Å². The van der Waals surface area contributed by atoms with Gasteiger partial charge in [0.05, 0.1) is 5.69 Å². The van der Waals surface area contributed by atoms with E-state index in [0.717, 1.165) is 22.3 Å². The molecular weight excluding hydrogens is 228 g/mol. The molecule has 78 valence electrons. The second-order valence-electron chi connectivity index (χ2n) is 3.20. The molecule has 0 spiro atoms. The fraction of sp³-hybridized carbons (Fsp3) is 0.182. The topological polar surface area (TPSA) is 24.9 Å². The molecule has 2 nitrogen and oxygen atoms in total. The number of anilines is 1. The number of hydrogen-bond donors (Lipinski definition) is 1. The summed E-state index contributed by atoms with van der Waals surface area (Å²) in [6, 6.07) is 7.87. The molecule has 0 fully saturated rings. The summed E-state index contributed by atoms with van der Waals surface area (Å²) in [4.78, 5) is 4.42. The van der Waals surface area contributed by atoms with Gasteiger partial charge in [-0.25, -0.2) is 4.98 Å². The average molecular weight is 239 g/mol. The van der Waals surface area contributed by atoms with Gasteiger partial charge in [0.25, 0.3) is 0 Å². The molecule has 0 bridgehead atoms. The molecule has 1 heterocycles. The van der Waals surface area contributed by atoms with Crippen LogP contribution in [0, 0.1) is 0 Å². The minimum Gasteiger partial charge on any atom is -0.365 e. The molecule has 2 aromatic rings. The molecule has 0 aliphatic rings. The van der Waals surface area contributed by atoms with E-state index in [9.17, 15) is 0 Å². The number of nitrogens with one attached hydrogen (secondary N) is 1. The van der Waals surface area contributed by atoms with Crippen LogP contribution in [0.2, 0.25) is 5.02 Å². The highest BCUT2D eigenvalue weighted by molar-refractivity contribution is 7.13. The largest absolute Gasteiger partial charge is 0.365 e. The fourth-order valence-electron chi connectivity index (χ4n) is 1.31. The first-order chi connectivity index (χ1) is 7.28. The maximum Gasteiger partial charge on any atom is 0.182 e. The zero-order valence-electron chi connectivity index (χ0n) is 8.33. The summed E-state index contributed by atoms with van der Waals surface area (Å²) in [6.45, 7) is 0. The summed E-state index contributed by atoms with van der Waals surface area (Å²) < 4.78 is 0. The van der Waals surface area contributed by atoms with Gasteiger partial charge in [0.15, 0.2) is 5.13 Å². The van der Waals surface area contributed by atoms with Crippen LogP contribution < -0.4 is 5.32 Å². The summed E-state index contributed by atoms with van der Waals surface area (Å²) >= 11 is 7.44. The molecule has 15 heavy (non-hydrogen) atoms. The summed E-state index contributed by atoms with van der Waals surface area (Å²) in [6.07, 6.45) is 0.856. The number of halogens is 1. The normalized spacial score (nSPS) is 10.3. The number of hydrogen-bond acceptors (Lipinski definition) is 3. The van der Waals surface area contributed by atoms with E-state index >= 15 is 0 Å². The van der Waals surface area contributed by atoms with Gasteiger partial charge < -0.3 is 5.32 Å². The molecule has 0 atom stereocenters. The minimum atomic E-state index is 0.771. The van der Waals surface area contributed by atoms with E-state index in [0.29, 0.717) is 0 Å². The molecule has 1 aromatic heterocycles. The molecule has 0 saturated heterocycles. The fourth-order valence-corrected chi connectivity index (χ4v) is 2.11. The van der Waals surface area contributed by atoms with Gasteiger partial charge in [-0.2, -0.15) is 0 Å². The molecule has 0 amide bonds. The van der Waals surface area contributed by atoms with Crippen LogP contribution in [0.25, 0.3) is 0 Å². The Balaban J connectivity index is 2.11. The van der Waals surface area contributed by atoms with Crippen molar-refractivity contribution in [2.24, 2.45) is 0 Å². The first-order valence-electron chi connectivity index (χ1n) is 4.64. The first kappa shape index (κ1) is 10.5. The van der Waals surface area contributed by atoms with E-state index in [4.69, 9.17) is 11.6 Å². The number of aromatic nitrogens is 1. The van der Waals surface area contributed by atoms with Crippen molar-refractivity contribution in [3.8, 4) is 0 Å². The van der Waals surface area contributed by atoms with Crippen LogP contribution in [0.1, 0.15) is 11.3 Å². The van der Waals surface area contributed by atoms with Gasteiger partial charge in [-0.1, -0.05) is 23.7 Å². The zero-order valence-corrected chi connectivity index (χ0v) is 9.90. The van der Waals surface area contributed by atoms with Crippen molar-refractivity contribution in [2.75, 3.05) is 12.4 Å². The lowest BCUT2D eigenvalue weighted by atomic mass is 10.1. The van der Waals surface area contributed by atoms with Crippen LogP contribution in [-0.4, -0.2) is 12.0 Å². The standard InChI is InChI=1S/C11H11ClN2S/c1-13-11-14-10(7-15-11)6-8-2-4-9(12)5-3-8/h2-5,7H,6H2,1H3,(H,13,14). The number of rotatable bonds is 3. The molecule has 1 aromatic carbocycles. The average Bonchev–Trinajstić information content (AvgIpc) is 2.69. The molecule has 0 unspecified atom stereocenters. The van der Waals surface area contributed by atoms with Crippen molar-refractivity contribution < 1.29 is 0 Å². The van der Waals surface area contributed by atoms with Crippen LogP contribution >= 0.6 is 22.9 Å². The summed E-state index contributed by atoms with van der Waals surface area (Å²) in [7, 11) is 1.88. The second-order valence-corrected chi connectivity index (χ2v) is 4.49. The Morgan fingerprint density at radius 2 is 2.07 bits per heavy atom. The van der Waals surface area contributed by atoms with Crippen molar-refractivity contribution in [3.63, 3.8) is 0 Å².